The summed E-state index contributed by atoms with van der Waals surface area (Å²) in [5, 5.41) is 9.06. The van der Waals surface area contributed by atoms with Gasteiger partial charge in [0.2, 0.25) is 0 Å². The maximum atomic E-state index is 11.0. The van der Waals surface area contributed by atoms with E-state index >= 15 is 0 Å². The quantitative estimate of drug-likeness (QED) is 0.854. The van der Waals surface area contributed by atoms with Crippen LogP contribution in [0.3, 0.4) is 0 Å². The molecule has 19 heavy (non-hydrogen) atoms. The van der Waals surface area contributed by atoms with Gasteiger partial charge in [0.25, 0.3) is 0 Å². The molecule has 4 heteroatoms. The number of methoxy groups -OCH3 is 1. The minimum atomic E-state index is -0.717. The van der Waals surface area contributed by atoms with E-state index in [0.717, 1.165) is 25.3 Å². The van der Waals surface area contributed by atoms with Crippen LogP contribution in [0.25, 0.3) is 0 Å². The lowest BCUT2D eigenvalue weighted by Gasteiger charge is -2.26. The molecule has 1 heterocycles. The number of likely N-dealkylation sites (tertiary alicyclic amines) is 1. The molecule has 1 aromatic carbocycles. The molecule has 1 aromatic rings. The second kappa shape index (κ2) is 6.57. The van der Waals surface area contributed by atoms with Crippen LogP contribution in [-0.4, -0.2) is 42.2 Å². The van der Waals surface area contributed by atoms with Crippen molar-refractivity contribution in [3.8, 4) is 5.75 Å². The number of benzene rings is 1. The Labute approximate surface area is 114 Å². The molecular formula is C15H21NO3. The summed E-state index contributed by atoms with van der Waals surface area (Å²) in [6.07, 6.45) is 3.36. The average molecular weight is 263 g/mol. The van der Waals surface area contributed by atoms with Crippen LogP contribution >= 0.6 is 0 Å². The highest BCUT2D eigenvalue weighted by Crippen LogP contribution is 2.20. The van der Waals surface area contributed by atoms with Crippen LogP contribution in [0.1, 0.15) is 24.8 Å². The molecule has 1 saturated heterocycles. The molecule has 0 bridgehead atoms. The zero-order chi connectivity index (χ0) is 13.7. The average Bonchev–Trinajstić information content (AvgIpc) is 2.92. The molecule has 1 aliphatic rings. The zero-order valence-electron chi connectivity index (χ0n) is 11.3. The molecule has 0 radical (unpaired) electrons. The Bertz CT molecular complexity index is 410. The number of hydrogen-bond acceptors (Lipinski definition) is 3. The molecule has 1 unspecified atom stereocenters. The molecule has 0 saturated carbocycles. The van der Waals surface area contributed by atoms with Crippen molar-refractivity contribution in [1.82, 2.24) is 4.90 Å². The molecule has 2 rings (SSSR count). The van der Waals surface area contributed by atoms with Crippen molar-refractivity contribution in [3.63, 3.8) is 0 Å². The van der Waals surface area contributed by atoms with Gasteiger partial charge in [0.1, 0.15) is 5.75 Å². The van der Waals surface area contributed by atoms with Gasteiger partial charge in [0.15, 0.2) is 0 Å². The number of aliphatic carboxylic acids is 1. The first-order valence-corrected chi connectivity index (χ1v) is 6.78. The van der Waals surface area contributed by atoms with E-state index in [0.29, 0.717) is 0 Å². The van der Waals surface area contributed by atoms with Crippen LogP contribution in [0.4, 0.5) is 0 Å². The summed E-state index contributed by atoms with van der Waals surface area (Å²) in [7, 11) is 1.65. The van der Waals surface area contributed by atoms with Crippen LogP contribution in [0, 0.1) is 0 Å². The Kier molecular flexibility index (Phi) is 4.80. The summed E-state index contributed by atoms with van der Waals surface area (Å²) in [4.78, 5) is 13.3. The van der Waals surface area contributed by atoms with Gasteiger partial charge in [0.05, 0.1) is 13.5 Å². The number of carboxylic acid groups (broad SMARTS) is 1. The third kappa shape index (κ3) is 3.96. The number of carbonyl (C=O) groups is 1. The lowest BCUT2D eigenvalue weighted by Crippen LogP contribution is -2.36. The molecule has 1 N–H and O–H groups in total. The molecule has 0 spiro atoms. The minimum Gasteiger partial charge on any atom is -0.497 e. The van der Waals surface area contributed by atoms with Crippen LogP contribution in [0.15, 0.2) is 24.3 Å². The highest BCUT2D eigenvalue weighted by Gasteiger charge is 2.24. The van der Waals surface area contributed by atoms with Gasteiger partial charge in [-0.2, -0.15) is 0 Å². The predicted octanol–water partition coefficient (Wildman–Crippen LogP) is 2.18. The number of nitrogens with zero attached hydrogens (tertiary/aromatic N) is 1. The van der Waals surface area contributed by atoms with Gasteiger partial charge in [-0.15, -0.1) is 0 Å². The van der Waals surface area contributed by atoms with Gasteiger partial charge in [0, 0.05) is 6.04 Å². The van der Waals surface area contributed by atoms with E-state index in [9.17, 15) is 4.79 Å². The van der Waals surface area contributed by atoms with Crippen molar-refractivity contribution in [2.45, 2.75) is 31.7 Å². The van der Waals surface area contributed by atoms with Gasteiger partial charge in [-0.05, 0) is 50.0 Å². The Balaban J connectivity index is 2.03. The Morgan fingerprint density at radius 2 is 1.95 bits per heavy atom. The molecule has 104 valence electrons. The van der Waals surface area contributed by atoms with E-state index in [1.807, 2.05) is 24.3 Å². The molecule has 0 amide bonds. The van der Waals surface area contributed by atoms with Crippen molar-refractivity contribution in [2.75, 3.05) is 20.2 Å². The van der Waals surface area contributed by atoms with E-state index in [1.165, 1.54) is 18.4 Å². The van der Waals surface area contributed by atoms with Crippen LogP contribution in [0.5, 0.6) is 5.75 Å². The molecule has 1 atom stereocenters. The molecule has 4 nitrogen and oxygen atoms in total. The summed E-state index contributed by atoms with van der Waals surface area (Å²) in [5.41, 5.74) is 1.17. The third-order valence-electron chi connectivity index (χ3n) is 3.70. The second-order valence-corrected chi connectivity index (χ2v) is 5.05. The molecule has 0 aliphatic carbocycles. The molecule has 1 fully saturated rings. The minimum absolute atomic E-state index is 0.105. The number of carboxylic acids is 1. The van der Waals surface area contributed by atoms with Gasteiger partial charge < -0.3 is 9.84 Å². The second-order valence-electron chi connectivity index (χ2n) is 5.05. The van der Waals surface area contributed by atoms with Crippen LogP contribution in [-0.2, 0) is 11.2 Å². The maximum Gasteiger partial charge on any atom is 0.304 e. The first-order chi connectivity index (χ1) is 9.19. The largest absolute Gasteiger partial charge is 0.497 e. The van der Waals surface area contributed by atoms with Crippen molar-refractivity contribution in [2.24, 2.45) is 0 Å². The van der Waals surface area contributed by atoms with E-state index in [1.54, 1.807) is 7.11 Å². The molecular weight excluding hydrogens is 242 g/mol. The SMILES string of the molecule is COc1ccc(CC(CC(=O)O)N2CCCC2)cc1. The molecule has 0 aromatic heterocycles. The molecule has 1 aliphatic heterocycles. The van der Waals surface area contributed by atoms with Gasteiger partial charge >= 0.3 is 5.97 Å². The third-order valence-corrected chi connectivity index (χ3v) is 3.70. The summed E-state index contributed by atoms with van der Waals surface area (Å²) >= 11 is 0. The van der Waals surface area contributed by atoms with Crippen LogP contribution in [0.2, 0.25) is 0 Å². The summed E-state index contributed by atoms with van der Waals surface area (Å²) in [5.74, 6) is 0.116. The van der Waals surface area contributed by atoms with E-state index in [2.05, 4.69) is 4.90 Å². The topological polar surface area (TPSA) is 49.8 Å². The number of ether oxygens (including phenoxy) is 1. The Morgan fingerprint density at radius 1 is 1.32 bits per heavy atom. The van der Waals surface area contributed by atoms with Crippen molar-refractivity contribution in [3.05, 3.63) is 29.8 Å². The van der Waals surface area contributed by atoms with Crippen molar-refractivity contribution in [1.29, 1.82) is 0 Å². The van der Waals surface area contributed by atoms with E-state index < -0.39 is 5.97 Å². The Morgan fingerprint density at radius 3 is 2.47 bits per heavy atom. The summed E-state index contributed by atoms with van der Waals surface area (Å²) in [6.45, 7) is 2.04. The monoisotopic (exact) mass is 263 g/mol. The first-order valence-electron chi connectivity index (χ1n) is 6.78. The number of hydrogen-bond donors (Lipinski definition) is 1. The summed E-state index contributed by atoms with van der Waals surface area (Å²) in [6, 6.07) is 8.00. The highest BCUT2D eigenvalue weighted by molar-refractivity contribution is 5.67. The summed E-state index contributed by atoms with van der Waals surface area (Å²) < 4.78 is 5.13. The predicted molar refractivity (Wildman–Crippen MR) is 73.5 cm³/mol. The van der Waals surface area contributed by atoms with Gasteiger partial charge in [-0.3, -0.25) is 9.69 Å². The smallest absolute Gasteiger partial charge is 0.304 e. The van der Waals surface area contributed by atoms with Crippen molar-refractivity contribution >= 4 is 5.97 Å². The van der Waals surface area contributed by atoms with Crippen LogP contribution < -0.4 is 4.74 Å². The standard InChI is InChI=1S/C15H21NO3/c1-19-14-6-4-12(5-7-14)10-13(11-15(17)18)16-8-2-3-9-16/h4-7,13H,2-3,8-11H2,1H3,(H,17,18). The fraction of sp³-hybridized carbons (Fsp3) is 0.533. The van der Waals surface area contributed by atoms with Crippen molar-refractivity contribution < 1.29 is 14.6 Å². The Hall–Kier alpha value is -1.55. The van der Waals surface area contributed by atoms with E-state index in [-0.39, 0.29) is 12.5 Å². The van der Waals surface area contributed by atoms with Gasteiger partial charge in [-0.1, -0.05) is 12.1 Å². The zero-order valence-corrected chi connectivity index (χ0v) is 11.3. The van der Waals surface area contributed by atoms with Gasteiger partial charge in [-0.25, -0.2) is 0 Å². The highest BCUT2D eigenvalue weighted by atomic mass is 16.5. The lowest BCUT2D eigenvalue weighted by molar-refractivity contribution is -0.138. The van der Waals surface area contributed by atoms with E-state index in [4.69, 9.17) is 9.84 Å². The fourth-order valence-electron chi connectivity index (χ4n) is 2.67. The number of rotatable bonds is 6. The maximum absolute atomic E-state index is 11.0. The first kappa shape index (κ1) is 13.9. The normalized spacial score (nSPS) is 17.3. The fourth-order valence-corrected chi connectivity index (χ4v) is 2.67. The lowest BCUT2D eigenvalue weighted by atomic mass is 10.0.